The van der Waals surface area contributed by atoms with Gasteiger partial charge >= 0.3 is 0 Å². The summed E-state index contributed by atoms with van der Waals surface area (Å²) in [6.45, 7) is 12.7. The molecule has 22 heavy (non-hydrogen) atoms. The number of guanidine groups is 1. The van der Waals surface area contributed by atoms with Gasteiger partial charge in [0.1, 0.15) is 6.54 Å². The lowest BCUT2D eigenvalue weighted by Gasteiger charge is -2.33. The van der Waals surface area contributed by atoms with Crippen LogP contribution < -0.4 is 10.6 Å². The van der Waals surface area contributed by atoms with Crippen LogP contribution in [0, 0.1) is 0 Å². The molecule has 0 unspecified atom stereocenters. The Bertz CT molecular complexity index is 477. The molecule has 0 atom stereocenters. The van der Waals surface area contributed by atoms with E-state index >= 15 is 0 Å². The Morgan fingerprint density at radius 2 is 2.05 bits per heavy atom. The van der Waals surface area contributed by atoms with Crippen LogP contribution in [0.25, 0.3) is 0 Å². The van der Waals surface area contributed by atoms with Crippen LogP contribution in [-0.4, -0.2) is 48.7 Å². The van der Waals surface area contributed by atoms with Crippen LogP contribution in [0.2, 0.25) is 0 Å². The molecule has 0 saturated heterocycles. The quantitative estimate of drug-likeness (QED) is 0.597. The Kier molecular flexibility index (Phi) is 6.87. The summed E-state index contributed by atoms with van der Waals surface area (Å²) in [5, 5.41) is 10.7. The van der Waals surface area contributed by atoms with E-state index in [1.165, 1.54) is 0 Å². The molecule has 0 spiro atoms. The SMILES string of the molecule is CCNC(=NCc1cc(C(C)C)no1)NCC(C)(C)N(C)C. The monoisotopic (exact) mass is 309 g/mol. The number of aliphatic imine (C=N–C) groups is 1. The molecule has 1 rings (SSSR count). The second-order valence-electron chi connectivity index (χ2n) is 6.63. The topological polar surface area (TPSA) is 65.7 Å². The summed E-state index contributed by atoms with van der Waals surface area (Å²) in [5.41, 5.74) is 1.02. The van der Waals surface area contributed by atoms with Gasteiger partial charge in [-0.25, -0.2) is 4.99 Å². The van der Waals surface area contributed by atoms with Gasteiger partial charge in [-0.15, -0.1) is 0 Å². The van der Waals surface area contributed by atoms with Crippen molar-refractivity contribution in [2.45, 2.75) is 52.6 Å². The molecule has 6 nitrogen and oxygen atoms in total. The van der Waals surface area contributed by atoms with Gasteiger partial charge in [0.25, 0.3) is 0 Å². The van der Waals surface area contributed by atoms with Crippen LogP contribution in [0.15, 0.2) is 15.6 Å². The summed E-state index contributed by atoms with van der Waals surface area (Å²) in [6.07, 6.45) is 0. The van der Waals surface area contributed by atoms with E-state index in [1.807, 2.05) is 6.07 Å². The standard InChI is InChI=1S/C16H31N5O/c1-8-17-15(19-11-16(4,5)21(6)7)18-10-13-9-14(12(2)3)20-22-13/h9,12H,8,10-11H2,1-7H3,(H2,17,18,19). The fourth-order valence-electron chi connectivity index (χ4n) is 1.63. The van der Waals surface area contributed by atoms with Crippen LogP contribution in [0.5, 0.6) is 0 Å². The Labute approximate surface area is 134 Å². The molecule has 0 amide bonds. The molecule has 0 aliphatic rings. The van der Waals surface area contributed by atoms with E-state index in [0.717, 1.165) is 30.5 Å². The van der Waals surface area contributed by atoms with E-state index in [1.54, 1.807) is 0 Å². The Morgan fingerprint density at radius 1 is 1.36 bits per heavy atom. The molecule has 0 saturated carbocycles. The Morgan fingerprint density at radius 3 is 2.55 bits per heavy atom. The molecular formula is C16H31N5O. The van der Waals surface area contributed by atoms with Crippen LogP contribution in [-0.2, 0) is 6.54 Å². The maximum atomic E-state index is 5.32. The summed E-state index contributed by atoms with van der Waals surface area (Å²) < 4.78 is 5.32. The summed E-state index contributed by atoms with van der Waals surface area (Å²) >= 11 is 0. The lowest BCUT2D eigenvalue weighted by Crippen LogP contribution is -2.50. The average molecular weight is 309 g/mol. The number of hydrogen-bond acceptors (Lipinski definition) is 4. The summed E-state index contributed by atoms with van der Waals surface area (Å²) in [4.78, 5) is 6.75. The maximum Gasteiger partial charge on any atom is 0.191 e. The summed E-state index contributed by atoms with van der Waals surface area (Å²) in [7, 11) is 4.15. The second-order valence-corrected chi connectivity index (χ2v) is 6.63. The third-order valence-corrected chi connectivity index (χ3v) is 3.81. The smallest absolute Gasteiger partial charge is 0.191 e. The van der Waals surface area contributed by atoms with E-state index in [0.29, 0.717) is 12.5 Å². The van der Waals surface area contributed by atoms with Gasteiger partial charge in [0.2, 0.25) is 0 Å². The van der Waals surface area contributed by atoms with Gasteiger partial charge in [0, 0.05) is 24.7 Å². The fraction of sp³-hybridized carbons (Fsp3) is 0.750. The third kappa shape index (κ3) is 5.67. The molecular weight excluding hydrogens is 278 g/mol. The fourth-order valence-corrected chi connectivity index (χ4v) is 1.63. The first-order valence-corrected chi connectivity index (χ1v) is 7.91. The van der Waals surface area contributed by atoms with Crippen molar-refractivity contribution in [2.75, 3.05) is 27.2 Å². The minimum Gasteiger partial charge on any atom is -0.359 e. The number of hydrogen-bond donors (Lipinski definition) is 2. The Hall–Kier alpha value is -1.56. The van der Waals surface area contributed by atoms with Crippen molar-refractivity contribution in [2.24, 2.45) is 4.99 Å². The van der Waals surface area contributed by atoms with Crippen LogP contribution in [0.1, 0.15) is 52.0 Å². The molecule has 6 heteroatoms. The van der Waals surface area contributed by atoms with Crippen molar-refractivity contribution >= 4 is 5.96 Å². The molecule has 0 radical (unpaired) electrons. The summed E-state index contributed by atoms with van der Waals surface area (Å²) in [6, 6.07) is 1.97. The third-order valence-electron chi connectivity index (χ3n) is 3.81. The molecule has 0 fully saturated rings. The average Bonchev–Trinajstić information content (AvgIpc) is 2.91. The van der Waals surface area contributed by atoms with Crippen molar-refractivity contribution in [3.63, 3.8) is 0 Å². The van der Waals surface area contributed by atoms with Gasteiger partial charge < -0.3 is 20.1 Å². The first-order valence-electron chi connectivity index (χ1n) is 7.91. The van der Waals surface area contributed by atoms with Crippen molar-refractivity contribution in [3.8, 4) is 0 Å². The highest BCUT2D eigenvalue weighted by Gasteiger charge is 2.20. The molecule has 0 aromatic carbocycles. The van der Waals surface area contributed by atoms with E-state index < -0.39 is 0 Å². The second kappa shape index (κ2) is 8.17. The molecule has 2 N–H and O–H groups in total. The van der Waals surface area contributed by atoms with E-state index in [9.17, 15) is 0 Å². The first kappa shape index (κ1) is 18.5. The predicted octanol–water partition coefficient (Wildman–Crippen LogP) is 2.19. The maximum absolute atomic E-state index is 5.32. The lowest BCUT2D eigenvalue weighted by molar-refractivity contribution is 0.197. The normalized spacial score (nSPS) is 13.0. The molecule has 0 aliphatic heterocycles. The highest BCUT2D eigenvalue weighted by molar-refractivity contribution is 5.79. The van der Waals surface area contributed by atoms with Crippen molar-refractivity contribution in [1.29, 1.82) is 0 Å². The van der Waals surface area contributed by atoms with Crippen LogP contribution >= 0.6 is 0 Å². The van der Waals surface area contributed by atoms with Crippen LogP contribution in [0.3, 0.4) is 0 Å². The van der Waals surface area contributed by atoms with Gasteiger partial charge in [-0.3, -0.25) is 0 Å². The lowest BCUT2D eigenvalue weighted by atomic mass is 10.0. The van der Waals surface area contributed by atoms with E-state index in [4.69, 9.17) is 4.52 Å². The zero-order chi connectivity index (χ0) is 16.8. The molecule has 0 bridgehead atoms. The van der Waals surface area contributed by atoms with Gasteiger partial charge in [0.05, 0.1) is 5.69 Å². The van der Waals surface area contributed by atoms with Crippen LogP contribution in [0.4, 0.5) is 0 Å². The number of nitrogens with one attached hydrogen (secondary N) is 2. The summed E-state index contributed by atoms with van der Waals surface area (Å²) in [5.74, 6) is 1.95. The van der Waals surface area contributed by atoms with Crippen molar-refractivity contribution < 1.29 is 4.52 Å². The molecule has 1 heterocycles. The van der Waals surface area contributed by atoms with Gasteiger partial charge in [0.15, 0.2) is 11.7 Å². The first-order chi connectivity index (χ1) is 10.3. The minimum absolute atomic E-state index is 0.0489. The minimum atomic E-state index is 0.0489. The zero-order valence-electron chi connectivity index (χ0n) is 15.0. The van der Waals surface area contributed by atoms with E-state index in [-0.39, 0.29) is 5.54 Å². The van der Waals surface area contributed by atoms with Crippen molar-refractivity contribution in [3.05, 3.63) is 17.5 Å². The van der Waals surface area contributed by atoms with Crippen molar-refractivity contribution in [1.82, 2.24) is 20.7 Å². The molecule has 1 aromatic heterocycles. The molecule has 126 valence electrons. The van der Waals surface area contributed by atoms with Gasteiger partial charge in [-0.1, -0.05) is 19.0 Å². The Balaban J connectivity index is 2.65. The van der Waals surface area contributed by atoms with Gasteiger partial charge in [-0.2, -0.15) is 0 Å². The highest BCUT2D eigenvalue weighted by Crippen LogP contribution is 2.14. The largest absolute Gasteiger partial charge is 0.359 e. The predicted molar refractivity (Wildman–Crippen MR) is 91.2 cm³/mol. The molecule has 1 aromatic rings. The number of aromatic nitrogens is 1. The molecule has 0 aliphatic carbocycles. The van der Waals surface area contributed by atoms with E-state index in [2.05, 4.69) is 74.4 Å². The zero-order valence-corrected chi connectivity index (χ0v) is 15.0. The number of likely N-dealkylation sites (N-methyl/N-ethyl adjacent to an activating group) is 1. The number of rotatable bonds is 7. The van der Waals surface area contributed by atoms with Gasteiger partial charge in [-0.05, 0) is 40.8 Å². The highest BCUT2D eigenvalue weighted by atomic mass is 16.5. The number of nitrogens with zero attached hydrogens (tertiary/aromatic N) is 3.